The first-order valence-electron chi connectivity index (χ1n) is 7.30. The van der Waals surface area contributed by atoms with Gasteiger partial charge in [-0.05, 0) is 31.6 Å². The van der Waals surface area contributed by atoms with Gasteiger partial charge in [0.1, 0.15) is 0 Å². The van der Waals surface area contributed by atoms with E-state index in [0.717, 1.165) is 6.42 Å². The predicted octanol–water partition coefficient (Wildman–Crippen LogP) is 4.23. The van der Waals surface area contributed by atoms with E-state index in [-0.39, 0.29) is 5.41 Å². The summed E-state index contributed by atoms with van der Waals surface area (Å²) in [4.78, 5) is 0. The molecule has 0 aliphatic heterocycles. The lowest BCUT2D eigenvalue weighted by molar-refractivity contribution is 0.0835. The molecule has 0 amide bonds. The van der Waals surface area contributed by atoms with Crippen LogP contribution in [-0.4, -0.2) is 11.7 Å². The van der Waals surface area contributed by atoms with Gasteiger partial charge in [0.2, 0.25) is 0 Å². The lowest BCUT2D eigenvalue weighted by Crippen LogP contribution is -2.34. The van der Waals surface area contributed by atoms with E-state index in [9.17, 15) is 5.11 Å². The van der Waals surface area contributed by atoms with Crippen molar-refractivity contribution >= 4 is 0 Å². The monoisotopic (exact) mass is 234 g/mol. The van der Waals surface area contributed by atoms with Gasteiger partial charge in [0.15, 0.2) is 0 Å². The van der Waals surface area contributed by atoms with Crippen molar-refractivity contribution in [2.45, 2.75) is 58.3 Å². The highest BCUT2D eigenvalue weighted by Crippen LogP contribution is 2.44. The Hall–Kier alpha value is -0.560. The Morgan fingerprint density at radius 2 is 2.06 bits per heavy atom. The molecular formula is C16H26O. The minimum atomic E-state index is 0.0671. The largest absolute Gasteiger partial charge is 0.395 e. The Labute approximate surface area is 106 Å². The molecular weight excluding hydrogens is 208 g/mol. The normalized spacial score (nSPS) is 30.4. The molecule has 0 saturated heterocycles. The molecule has 0 aromatic carbocycles. The van der Waals surface area contributed by atoms with Crippen LogP contribution in [0.1, 0.15) is 58.3 Å². The maximum absolute atomic E-state index is 9.83. The van der Waals surface area contributed by atoms with E-state index < -0.39 is 0 Å². The molecule has 0 aromatic heterocycles. The third-order valence-corrected chi connectivity index (χ3v) is 4.62. The van der Waals surface area contributed by atoms with Crippen LogP contribution in [-0.2, 0) is 0 Å². The van der Waals surface area contributed by atoms with Gasteiger partial charge in [0.05, 0.1) is 6.61 Å². The molecule has 1 N–H and O–H groups in total. The number of hydrogen-bond donors (Lipinski definition) is 1. The number of rotatable bonds is 4. The Bertz CT molecular complexity index is 297. The zero-order chi connectivity index (χ0) is 12.1. The number of aliphatic hydroxyl groups excluding tert-OH is 1. The Morgan fingerprint density at radius 1 is 1.29 bits per heavy atom. The van der Waals surface area contributed by atoms with Crippen LogP contribution in [0.3, 0.4) is 0 Å². The second kappa shape index (κ2) is 5.86. The summed E-state index contributed by atoms with van der Waals surface area (Å²) in [6.07, 6.45) is 17.1. The average Bonchev–Trinajstić information content (AvgIpc) is 2.41. The molecule has 0 spiro atoms. The molecule has 1 fully saturated rings. The Balaban J connectivity index is 2.05. The lowest BCUT2D eigenvalue weighted by Gasteiger charge is -2.40. The summed E-state index contributed by atoms with van der Waals surface area (Å²) >= 11 is 0. The highest BCUT2D eigenvalue weighted by Gasteiger charge is 2.36. The summed E-state index contributed by atoms with van der Waals surface area (Å²) in [6.45, 7) is 2.55. The van der Waals surface area contributed by atoms with Crippen LogP contribution in [0.2, 0.25) is 0 Å². The standard InChI is InChI=1S/C16H26O/c1-2-6-14-9-11-16(13-17,12-10-14)15-7-4-3-5-8-15/h9-11,15,17H,2-8,12-13H2,1H3. The van der Waals surface area contributed by atoms with Gasteiger partial charge in [-0.2, -0.15) is 0 Å². The zero-order valence-corrected chi connectivity index (χ0v) is 11.1. The van der Waals surface area contributed by atoms with Crippen molar-refractivity contribution in [2.75, 3.05) is 6.61 Å². The smallest absolute Gasteiger partial charge is 0.0527 e. The number of allylic oxidation sites excluding steroid dienone is 3. The highest BCUT2D eigenvalue weighted by atomic mass is 16.3. The van der Waals surface area contributed by atoms with Gasteiger partial charge in [0.25, 0.3) is 0 Å². The van der Waals surface area contributed by atoms with Crippen LogP contribution in [0.5, 0.6) is 0 Å². The lowest BCUT2D eigenvalue weighted by atomic mass is 9.65. The van der Waals surface area contributed by atoms with Crippen LogP contribution in [0.15, 0.2) is 23.8 Å². The third-order valence-electron chi connectivity index (χ3n) is 4.62. The Kier molecular flexibility index (Phi) is 4.44. The molecule has 2 aliphatic rings. The van der Waals surface area contributed by atoms with Gasteiger partial charge in [-0.1, -0.05) is 56.4 Å². The highest BCUT2D eigenvalue weighted by molar-refractivity contribution is 5.27. The minimum absolute atomic E-state index is 0.0671. The van der Waals surface area contributed by atoms with Crippen molar-refractivity contribution in [3.8, 4) is 0 Å². The van der Waals surface area contributed by atoms with E-state index in [1.165, 1.54) is 50.5 Å². The molecule has 1 unspecified atom stereocenters. The molecule has 17 heavy (non-hydrogen) atoms. The molecule has 96 valence electrons. The summed E-state index contributed by atoms with van der Waals surface area (Å²) in [5.74, 6) is 0.705. The summed E-state index contributed by atoms with van der Waals surface area (Å²) in [6, 6.07) is 0. The van der Waals surface area contributed by atoms with E-state index in [1.807, 2.05) is 0 Å². The third kappa shape index (κ3) is 2.82. The minimum Gasteiger partial charge on any atom is -0.395 e. The topological polar surface area (TPSA) is 20.2 Å². The second-order valence-electron chi connectivity index (χ2n) is 5.79. The maximum Gasteiger partial charge on any atom is 0.0527 e. The molecule has 2 rings (SSSR count). The number of hydrogen-bond acceptors (Lipinski definition) is 1. The van der Waals surface area contributed by atoms with Crippen molar-refractivity contribution in [1.29, 1.82) is 0 Å². The van der Waals surface area contributed by atoms with E-state index in [4.69, 9.17) is 0 Å². The predicted molar refractivity (Wildman–Crippen MR) is 72.8 cm³/mol. The zero-order valence-electron chi connectivity index (χ0n) is 11.1. The van der Waals surface area contributed by atoms with E-state index in [2.05, 4.69) is 25.2 Å². The fourth-order valence-electron chi connectivity index (χ4n) is 3.43. The van der Waals surface area contributed by atoms with E-state index in [1.54, 1.807) is 0 Å². The van der Waals surface area contributed by atoms with E-state index in [0.29, 0.717) is 12.5 Å². The fraction of sp³-hybridized carbons (Fsp3) is 0.750. The molecule has 1 saturated carbocycles. The SMILES string of the molecule is CCCC1=CCC(CO)(C2CCCCC2)C=C1. The van der Waals surface area contributed by atoms with E-state index >= 15 is 0 Å². The van der Waals surface area contributed by atoms with Crippen LogP contribution in [0, 0.1) is 11.3 Å². The first-order valence-corrected chi connectivity index (χ1v) is 7.30. The molecule has 1 heteroatoms. The molecule has 1 atom stereocenters. The van der Waals surface area contributed by atoms with Crippen LogP contribution in [0.25, 0.3) is 0 Å². The quantitative estimate of drug-likeness (QED) is 0.771. The van der Waals surface area contributed by atoms with Gasteiger partial charge >= 0.3 is 0 Å². The first kappa shape index (κ1) is 12.9. The fourth-order valence-corrected chi connectivity index (χ4v) is 3.43. The summed E-state index contributed by atoms with van der Waals surface area (Å²) in [5.41, 5.74) is 1.53. The van der Waals surface area contributed by atoms with Crippen molar-refractivity contribution in [1.82, 2.24) is 0 Å². The van der Waals surface area contributed by atoms with Crippen molar-refractivity contribution in [2.24, 2.45) is 11.3 Å². The van der Waals surface area contributed by atoms with Gasteiger partial charge in [-0.15, -0.1) is 0 Å². The van der Waals surface area contributed by atoms with Crippen LogP contribution in [0.4, 0.5) is 0 Å². The molecule has 0 radical (unpaired) electrons. The van der Waals surface area contributed by atoms with Crippen molar-refractivity contribution in [3.63, 3.8) is 0 Å². The van der Waals surface area contributed by atoms with Gasteiger partial charge in [0, 0.05) is 5.41 Å². The van der Waals surface area contributed by atoms with Gasteiger partial charge in [-0.3, -0.25) is 0 Å². The van der Waals surface area contributed by atoms with Crippen molar-refractivity contribution < 1.29 is 5.11 Å². The van der Waals surface area contributed by atoms with Gasteiger partial charge in [-0.25, -0.2) is 0 Å². The summed E-state index contributed by atoms with van der Waals surface area (Å²) in [5, 5.41) is 9.83. The maximum atomic E-state index is 9.83. The summed E-state index contributed by atoms with van der Waals surface area (Å²) in [7, 11) is 0. The van der Waals surface area contributed by atoms with Crippen LogP contribution < -0.4 is 0 Å². The molecule has 2 aliphatic carbocycles. The average molecular weight is 234 g/mol. The first-order chi connectivity index (χ1) is 8.30. The van der Waals surface area contributed by atoms with Crippen molar-refractivity contribution in [3.05, 3.63) is 23.8 Å². The summed E-state index contributed by atoms with van der Waals surface area (Å²) < 4.78 is 0. The van der Waals surface area contributed by atoms with Crippen LogP contribution >= 0.6 is 0 Å². The Morgan fingerprint density at radius 3 is 2.59 bits per heavy atom. The molecule has 0 aromatic rings. The molecule has 0 heterocycles. The molecule has 0 bridgehead atoms. The van der Waals surface area contributed by atoms with Gasteiger partial charge < -0.3 is 5.11 Å². The second-order valence-corrected chi connectivity index (χ2v) is 5.79. The molecule has 1 nitrogen and oxygen atoms in total. The number of aliphatic hydroxyl groups is 1.